The number of carbonyl (C=O) groups is 2. The SMILES string of the molecule is COCCCNC(=O)[C@@H](C#N)C(=O)c1ccc(C)s1. The summed E-state index contributed by atoms with van der Waals surface area (Å²) in [6.07, 6.45) is 0.646. The smallest absolute Gasteiger partial charge is 0.245 e. The highest BCUT2D eigenvalue weighted by Gasteiger charge is 2.28. The van der Waals surface area contributed by atoms with Gasteiger partial charge in [-0.1, -0.05) is 0 Å². The fourth-order valence-electron chi connectivity index (χ4n) is 1.48. The number of methoxy groups -OCH3 is 1. The summed E-state index contributed by atoms with van der Waals surface area (Å²) < 4.78 is 4.85. The molecule has 1 atom stereocenters. The Bertz CT molecular complexity index is 490. The van der Waals surface area contributed by atoms with Crippen molar-refractivity contribution in [3.05, 3.63) is 21.9 Å². The van der Waals surface area contributed by atoms with Gasteiger partial charge in [0.1, 0.15) is 0 Å². The van der Waals surface area contributed by atoms with Gasteiger partial charge in [-0.15, -0.1) is 11.3 Å². The lowest BCUT2D eigenvalue weighted by Crippen LogP contribution is -2.35. The third-order valence-corrected chi connectivity index (χ3v) is 3.48. The lowest BCUT2D eigenvalue weighted by Gasteiger charge is -2.08. The Morgan fingerprint density at radius 1 is 1.53 bits per heavy atom. The summed E-state index contributed by atoms with van der Waals surface area (Å²) >= 11 is 1.29. The van der Waals surface area contributed by atoms with Gasteiger partial charge in [0.05, 0.1) is 10.9 Å². The summed E-state index contributed by atoms with van der Waals surface area (Å²) in [6, 6.07) is 5.20. The van der Waals surface area contributed by atoms with Crippen LogP contribution in [0, 0.1) is 24.2 Å². The topological polar surface area (TPSA) is 79.2 Å². The van der Waals surface area contributed by atoms with Gasteiger partial charge in [-0.2, -0.15) is 5.26 Å². The van der Waals surface area contributed by atoms with Crippen molar-refractivity contribution in [2.75, 3.05) is 20.3 Å². The molecule has 0 fully saturated rings. The Labute approximate surface area is 116 Å². The second-order valence-electron chi connectivity index (χ2n) is 3.97. The quantitative estimate of drug-likeness (QED) is 0.466. The molecule has 19 heavy (non-hydrogen) atoms. The third kappa shape index (κ3) is 4.47. The first kappa shape index (κ1) is 15.3. The Morgan fingerprint density at radius 3 is 2.79 bits per heavy atom. The van der Waals surface area contributed by atoms with Crippen LogP contribution in [0.5, 0.6) is 0 Å². The highest BCUT2D eigenvalue weighted by molar-refractivity contribution is 7.14. The van der Waals surface area contributed by atoms with Crippen molar-refractivity contribution in [1.29, 1.82) is 5.26 Å². The van der Waals surface area contributed by atoms with Gasteiger partial charge in [0.25, 0.3) is 0 Å². The van der Waals surface area contributed by atoms with Gasteiger partial charge in [-0.05, 0) is 25.5 Å². The molecule has 0 radical (unpaired) electrons. The number of ether oxygens (including phenoxy) is 1. The van der Waals surface area contributed by atoms with Crippen LogP contribution >= 0.6 is 11.3 Å². The standard InChI is InChI=1S/C13H16N2O3S/c1-9-4-5-11(19-9)12(16)10(8-14)13(17)15-6-3-7-18-2/h4-5,10H,3,6-7H2,1-2H3,(H,15,17)/t10-/m0/s1. The lowest BCUT2D eigenvalue weighted by molar-refractivity contribution is -0.122. The Balaban J connectivity index is 2.60. The molecule has 1 aromatic heterocycles. The van der Waals surface area contributed by atoms with Gasteiger partial charge < -0.3 is 10.1 Å². The number of nitrogens with one attached hydrogen (secondary N) is 1. The van der Waals surface area contributed by atoms with Crippen LogP contribution in [-0.4, -0.2) is 32.0 Å². The number of carbonyl (C=O) groups excluding carboxylic acids is 2. The molecule has 0 saturated carbocycles. The lowest BCUT2D eigenvalue weighted by atomic mass is 10.0. The first-order valence-corrected chi connectivity index (χ1v) is 6.68. The van der Waals surface area contributed by atoms with Crippen LogP contribution in [-0.2, 0) is 9.53 Å². The molecule has 0 aliphatic heterocycles. The zero-order valence-electron chi connectivity index (χ0n) is 10.9. The van der Waals surface area contributed by atoms with Gasteiger partial charge in [-0.25, -0.2) is 0 Å². The summed E-state index contributed by atoms with van der Waals surface area (Å²) in [5.74, 6) is -2.26. The van der Waals surface area contributed by atoms with Crippen molar-refractivity contribution in [3.8, 4) is 6.07 Å². The molecular formula is C13H16N2O3S. The molecular weight excluding hydrogens is 264 g/mol. The maximum absolute atomic E-state index is 12.0. The average molecular weight is 280 g/mol. The normalized spacial score (nSPS) is 11.6. The number of amides is 1. The van der Waals surface area contributed by atoms with Gasteiger partial charge in [0.15, 0.2) is 11.7 Å². The minimum Gasteiger partial charge on any atom is -0.385 e. The van der Waals surface area contributed by atoms with Crippen LogP contribution in [0.3, 0.4) is 0 Å². The maximum Gasteiger partial charge on any atom is 0.245 e. The van der Waals surface area contributed by atoms with Gasteiger partial charge >= 0.3 is 0 Å². The predicted octanol–water partition coefficient (Wildman–Crippen LogP) is 1.53. The van der Waals surface area contributed by atoms with E-state index in [0.717, 1.165) is 4.88 Å². The van der Waals surface area contributed by atoms with E-state index in [-0.39, 0.29) is 0 Å². The van der Waals surface area contributed by atoms with Gasteiger partial charge in [-0.3, -0.25) is 9.59 Å². The molecule has 0 aromatic carbocycles. The zero-order valence-corrected chi connectivity index (χ0v) is 11.8. The molecule has 0 spiro atoms. The third-order valence-electron chi connectivity index (χ3n) is 2.46. The van der Waals surface area contributed by atoms with E-state index in [1.165, 1.54) is 11.3 Å². The van der Waals surface area contributed by atoms with E-state index in [4.69, 9.17) is 10.00 Å². The molecule has 1 amide bonds. The van der Waals surface area contributed by atoms with Gasteiger partial charge in [0.2, 0.25) is 5.91 Å². The highest BCUT2D eigenvalue weighted by Crippen LogP contribution is 2.19. The molecule has 1 heterocycles. The molecule has 1 aromatic rings. The molecule has 1 N–H and O–H groups in total. The Hall–Kier alpha value is -1.71. The molecule has 6 heteroatoms. The molecule has 0 bridgehead atoms. The number of ketones is 1. The fraction of sp³-hybridized carbons (Fsp3) is 0.462. The first-order valence-electron chi connectivity index (χ1n) is 5.87. The summed E-state index contributed by atoms with van der Waals surface area (Å²) in [7, 11) is 1.57. The molecule has 0 saturated heterocycles. The molecule has 5 nitrogen and oxygen atoms in total. The number of thiophene rings is 1. The summed E-state index contributed by atoms with van der Waals surface area (Å²) in [6.45, 7) is 2.78. The van der Waals surface area contributed by atoms with Crippen LogP contribution in [0.2, 0.25) is 0 Å². The predicted molar refractivity (Wildman–Crippen MR) is 72.0 cm³/mol. The van der Waals surface area contributed by atoms with Crippen molar-refractivity contribution in [3.63, 3.8) is 0 Å². The maximum atomic E-state index is 12.0. The minimum absolute atomic E-state index is 0.390. The van der Waals surface area contributed by atoms with E-state index in [1.54, 1.807) is 25.3 Å². The van der Waals surface area contributed by atoms with E-state index in [1.807, 2.05) is 6.92 Å². The summed E-state index contributed by atoms with van der Waals surface area (Å²) in [5.41, 5.74) is 0. The fourth-order valence-corrected chi connectivity index (χ4v) is 2.31. The van der Waals surface area contributed by atoms with E-state index < -0.39 is 17.6 Å². The number of hydrogen-bond acceptors (Lipinski definition) is 5. The van der Waals surface area contributed by atoms with Crippen molar-refractivity contribution in [2.45, 2.75) is 13.3 Å². The molecule has 102 valence electrons. The number of rotatable bonds is 7. The second kappa shape index (κ2) is 7.67. The summed E-state index contributed by atoms with van der Waals surface area (Å²) in [5, 5.41) is 11.6. The van der Waals surface area contributed by atoms with Crippen LogP contribution < -0.4 is 5.32 Å². The van der Waals surface area contributed by atoms with Crippen molar-refractivity contribution >= 4 is 23.0 Å². The van der Waals surface area contributed by atoms with E-state index >= 15 is 0 Å². The van der Waals surface area contributed by atoms with Crippen LogP contribution in [0.25, 0.3) is 0 Å². The van der Waals surface area contributed by atoms with E-state index in [9.17, 15) is 9.59 Å². The first-order chi connectivity index (χ1) is 9.10. The van der Waals surface area contributed by atoms with Gasteiger partial charge in [0, 0.05) is 25.1 Å². The van der Waals surface area contributed by atoms with E-state index in [0.29, 0.717) is 24.4 Å². The Kier molecular flexibility index (Phi) is 6.19. The largest absolute Gasteiger partial charge is 0.385 e. The molecule has 0 aliphatic rings. The van der Waals surface area contributed by atoms with Crippen LogP contribution in [0.4, 0.5) is 0 Å². The van der Waals surface area contributed by atoms with Crippen molar-refractivity contribution in [2.24, 2.45) is 5.92 Å². The van der Waals surface area contributed by atoms with Crippen LogP contribution in [0.1, 0.15) is 21.0 Å². The monoisotopic (exact) mass is 280 g/mol. The molecule has 0 aliphatic carbocycles. The number of Topliss-reactive ketones (excluding diaryl/α,β-unsaturated/α-hetero) is 1. The number of aryl methyl sites for hydroxylation is 1. The number of nitriles is 1. The average Bonchev–Trinajstić information content (AvgIpc) is 2.82. The number of hydrogen-bond donors (Lipinski definition) is 1. The summed E-state index contributed by atoms with van der Waals surface area (Å²) in [4.78, 5) is 25.2. The minimum atomic E-state index is -1.28. The molecule has 1 rings (SSSR count). The van der Waals surface area contributed by atoms with Crippen molar-refractivity contribution < 1.29 is 14.3 Å². The second-order valence-corrected chi connectivity index (χ2v) is 5.26. The van der Waals surface area contributed by atoms with E-state index in [2.05, 4.69) is 5.32 Å². The zero-order chi connectivity index (χ0) is 14.3. The highest BCUT2D eigenvalue weighted by atomic mass is 32.1. The number of nitrogens with zero attached hydrogens (tertiary/aromatic N) is 1. The van der Waals surface area contributed by atoms with Crippen molar-refractivity contribution in [1.82, 2.24) is 5.32 Å². The van der Waals surface area contributed by atoms with Crippen LogP contribution in [0.15, 0.2) is 12.1 Å². The Morgan fingerprint density at radius 2 is 2.26 bits per heavy atom. The molecule has 0 unspecified atom stereocenters.